The van der Waals surface area contributed by atoms with E-state index < -0.39 is 0 Å². The van der Waals surface area contributed by atoms with Crippen molar-refractivity contribution < 1.29 is 14.0 Å². The summed E-state index contributed by atoms with van der Waals surface area (Å²) in [5.41, 5.74) is 0.803. The first-order valence-corrected chi connectivity index (χ1v) is 7.79. The molecule has 1 heterocycles. The number of hydrogen-bond acceptors (Lipinski definition) is 2. The molecule has 22 heavy (non-hydrogen) atoms. The van der Waals surface area contributed by atoms with Crippen molar-refractivity contribution in [2.24, 2.45) is 5.41 Å². The molecule has 1 aliphatic heterocycles. The molecule has 118 valence electrons. The van der Waals surface area contributed by atoms with Gasteiger partial charge in [-0.15, -0.1) is 0 Å². The van der Waals surface area contributed by atoms with Gasteiger partial charge in [-0.2, -0.15) is 0 Å². The van der Waals surface area contributed by atoms with Crippen LogP contribution in [0.5, 0.6) is 0 Å². The van der Waals surface area contributed by atoms with Gasteiger partial charge in [0, 0.05) is 24.9 Å². The Kier molecular flexibility index (Phi) is 3.89. The minimum atomic E-state index is -0.252. The lowest BCUT2D eigenvalue weighted by molar-refractivity contribution is -0.127. The maximum Gasteiger partial charge on any atom is 0.226 e. The molecule has 0 radical (unpaired) electrons. The SMILES string of the molecule is CC1(C(=O)N[C@@H]2CC(=O)N(CCc3ccc(F)cc3)C2)CC1. The molecule has 3 rings (SSSR count). The van der Waals surface area contributed by atoms with Crippen molar-refractivity contribution >= 4 is 11.8 Å². The second kappa shape index (κ2) is 5.71. The first-order valence-electron chi connectivity index (χ1n) is 7.79. The molecule has 1 saturated carbocycles. The fourth-order valence-electron chi connectivity index (χ4n) is 2.77. The van der Waals surface area contributed by atoms with Crippen LogP contribution in [-0.4, -0.2) is 35.8 Å². The largest absolute Gasteiger partial charge is 0.351 e. The highest BCUT2D eigenvalue weighted by molar-refractivity contribution is 5.86. The van der Waals surface area contributed by atoms with Crippen LogP contribution >= 0.6 is 0 Å². The summed E-state index contributed by atoms with van der Waals surface area (Å²) in [5, 5.41) is 3.00. The number of nitrogens with one attached hydrogen (secondary N) is 1. The Labute approximate surface area is 129 Å². The minimum absolute atomic E-state index is 0.0747. The molecule has 1 N–H and O–H groups in total. The van der Waals surface area contributed by atoms with E-state index in [0.29, 0.717) is 25.9 Å². The Bertz CT molecular complexity index is 581. The molecule has 2 fully saturated rings. The van der Waals surface area contributed by atoms with Crippen molar-refractivity contribution in [3.63, 3.8) is 0 Å². The molecule has 2 aliphatic rings. The lowest BCUT2D eigenvalue weighted by Gasteiger charge is -2.18. The van der Waals surface area contributed by atoms with E-state index >= 15 is 0 Å². The quantitative estimate of drug-likeness (QED) is 0.903. The Morgan fingerprint density at radius 2 is 2.05 bits per heavy atom. The Morgan fingerprint density at radius 1 is 1.36 bits per heavy atom. The standard InChI is InChI=1S/C17H21FN2O2/c1-17(7-8-17)16(22)19-14-10-15(21)20(11-14)9-6-12-2-4-13(18)5-3-12/h2-5,14H,6-11H2,1H3,(H,19,22)/t14-/m1/s1. The van der Waals surface area contributed by atoms with Crippen molar-refractivity contribution in [2.75, 3.05) is 13.1 Å². The fourth-order valence-corrected chi connectivity index (χ4v) is 2.77. The van der Waals surface area contributed by atoms with Gasteiger partial charge >= 0.3 is 0 Å². The highest BCUT2D eigenvalue weighted by Gasteiger charge is 2.46. The minimum Gasteiger partial charge on any atom is -0.351 e. The molecule has 1 aromatic rings. The van der Waals surface area contributed by atoms with Gasteiger partial charge in [0.1, 0.15) is 5.82 Å². The van der Waals surface area contributed by atoms with Crippen LogP contribution in [0.3, 0.4) is 0 Å². The number of nitrogens with zero attached hydrogens (tertiary/aromatic N) is 1. The van der Waals surface area contributed by atoms with E-state index in [2.05, 4.69) is 5.32 Å². The first kappa shape index (κ1) is 15.0. The normalized spacial score (nSPS) is 22.7. The maximum atomic E-state index is 12.9. The van der Waals surface area contributed by atoms with Crippen LogP contribution in [0.15, 0.2) is 24.3 Å². The van der Waals surface area contributed by atoms with Gasteiger partial charge in [-0.1, -0.05) is 19.1 Å². The third-order valence-corrected chi connectivity index (χ3v) is 4.68. The van der Waals surface area contributed by atoms with E-state index in [0.717, 1.165) is 18.4 Å². The third-order valence-electron chi connectivity index (χ3n) is 4.68. The molecule has 0 unspecified atom stereocenters. The predicted octanol–water partition coefficient (Wildman–Crippen LogP) is 1.89. The van der Waals surface area contributed by atoms with Gasteiger partial charge < -0.3 is 10.2 Å². The average molecular weight is 304 g/mol. The van der Waals surface area contributed by atoms with Crippen LogP contribution < -0.4 is 5.32 Å². The van der Waals surface area contributed by atoms with Gasteiger partial charge in [-0.25, -0.2) is 4.39 Å². The molecule has 1 aromatic carbocycles. The molecule has 2 amide bonds. The number of benzene rings is 1. The molecule has 1 saturated heterocycles. The summed E-state index contributed by atoms with van der Waals surface area (Å²) >= 11 is 0. The van der Waals surface area contributed by atoms with Gasteiger partial charge in [0.25, 0.3) is 0 Å². The molecule has 0 aromatic heterocycles. The zero-order chi connectivity index (χ0) is 15.7. The lowest BCUT2D eigenvalue weighted by atomic mass is 10.1. The van der Waals surface area contributed by atoms with Gasteiger partial charge in [-0.05, 0) is 37.0 Å². The number of hydrogen-bond donors (Lipinski definition) is 1. The molecular weight excluding hydrogens is 283 g/mol. The second-order valence-corrected chi connectivity index (χ2v) is 6.65. The number of likely N-dealkylation sites (tertiary alicyclic amines) is 1. The van der Waals surface area contributed by atoms with Crippen LogP contribution in [0.4, 0.5) is 4.39 Å². The van der Waals surface area contributed by atoms with Crippen molar-refractivity contribution in [1.29, 1.82) is 0 Å². The monoisotopic (exact) mass is 304 g/mol. The summed E-state index contributed by atoms with van der Waals surface area (Å²) in [6.07, 6.45) is 2.96. The zero-order valence-corrected chi connectivity index (χ0v) is 12.8. The third kappa shape index (κ3) is 3.29. The Balaban J connectivity index is 1.49. The Morgan fingerprint density at radius 3 is 2.68 bits per heavy atom. The van der Waals surface area contributed by atoms with E-state index in [-0.39, 0.29) is 29.1 Å². The first-order chi connectivity index (χ1) is 10.5. The van der Waals surface area contributed by atoms with Crippen LogP contribution in [-0.2, 0) is 16.0 Å². The summed E-state index contributed by atoms with van der Waals surface area (Å²) in [5.74, 6) is -0.101. The number of rotatable bonds is 5. The molecule has 0 bridgehead atoms. The Hall–Kier alpha value is -1.91. The lowest BCUT2D eigenvalue weighted by Crippen LogP contribution is -2.40. The second-order valence-electron chi connectivity index (χ2n) is 6.65. The van der Waals surface area contributed by atoms with Gasteiger partial charge in [0.2, 0.25) is 11.8 Å². The van der Waals surface area contributed by atoms with E-state index in [1.807, 2.05) is 6.92 Å². The van der Waals surface area contributed by atoms with Crippen molar-refractivity contribution in [2.45, 2.75) is 38.6 Å². The predicted molar refractivity (Wildman–Crippen MR) is 80.6 cm³/mol. The van der Waals surface area contributed by atoms with Gasteiger partial charge in [-0.3, -0.25) is 9.59 Å². The van der Waals surface area contributed by atoms with E-state index in [1.165, 1.54) is 12.1 Å². The van der Waals surface area contributed by atoms with Gasteiger partial charge in [0.05, 0.1) is 6.04 Å². The molecule has 1 aliphatic carbocycles. The number of carbonyl (C=O) groups excluding carboxylic acids is 2. The van der Waals surface area contributed by atoms with Crippen LogP contribution in [0, 0.1) is 11.2 Å². The maximum absolute atomic E-state index is 12.9. The van der Waals surface area contributed by atoms with Gasteiger partial charge in [0.15, 0.2) is 0 Å². The molecular formula is C17H21FN2O2. The van der Waals surface area contributed by atoms with Crippen molar-refractivity contribution in [3.05, 3.63) is 35.6 Å². The summed E-state index contributed by atoms with van der Waals surface area (Å²) < 4.78 is 12.9. The van der Waals surface area contributed by atoms with Crippen molar-refractivity contribution in [1.82, 2.24) is 10.2 Å². The number of amides is 2. The summed E-state index contributed by atoms with van der Waals surface area (Å²) in [4.78, 5) is 25.8. The zero-order valence-electron chi connectivity index (χ0n) is 12.8. The topological polar surface area (TPSA) is 49.4 Å². The molecule has 0 spiro atoms. The van der Waals surface area contributed by atoms with Crippen molar-refractivity contribution in [3.8, 4) is 0 Å². The summed E-state index contributed by atoms with van der Waals surface area (Å²) in [7, 11) is 0. The smallest absolute Gasteiger partial charge is 0.226 e. The average Bonchev–Trinajstić information content (AvgIpc) is 3.14. The van der Waals surface area contributed by atoms with E-state index in [1.54, 1.807) is 17.0 Å². The van der Waals surface area contributed by atoms with Crippen LogP contribution in [0.25, 0.3) is 0 Å². The van der Waals surface area contributed by atoms with Crippen LogP contribution in [0.2, 0.25) is 0 Å². The number of halogens is 1. The molecule has 4 nitrogen and oxygen atoms in total. The summed E-state index contributed by atoms with van der Waals surface area (Å²) in [6.45, 7) is 3.14. The molecule has 5 heteroatoms. The number of carbonyl (C=O) groups is 2. The van der Waals surface area contributed by atoms with Crippen LogP contribution in [0.1, 0.15) is 31.7 Å². The highest BCUT2D eigenvalue weighted by Crippen LogP contribution is 2.45. The highest BCUT2D eigenvalue weighted by atomic mass is 19.1. The van der Waals surface area contributed by atoms with E-state index in [9.17, 15) is 14.0 Å². The van der Waals surface area contributed by atoms with E-state index in [4.69, 9.17) is 0 Å². The molecule has 1 atom stereocenters. The fraction of sp³-hybridized carbons (Fsp3) is 0.529. The summed E-state index contributed by atoms with van der Waals surface area (Å²) in [6, 6.07) is 6.26.